The maximum atomic E-state index is 13.0. The van der Waals surface area contributed by atoms with E-state index in [2.05, 4.69) is 51.4 Å². The number of aromatic nitrogens is 3. The third kappa shape index (κ3) is 6.77. The molecule has 196 valence electrons. The van der Waals surface area contributed by atoms with E-state index in [1.54, 1.807) is 4.68 Å². The minimum atomic E-state index is 0.171. The number of carbonyl (C=O) groups is 1. The Hall–Kier alpha value is -3.19. The van der Waals surface area contributed by atoms with E-state index in [0.717, 1.165) is 69.7 Å². The van der Waals surface area contributed by atoms with Gasteiger partial charge < -0.3 is 9.64 Å². The summed E-state index contributed by atoms with van der Waals surface area (Å²) in [6, 6.07) is 12.7. The van der Waals surface area contributed by atoms with E-state index in [4.69, 9.17) is 4.74 Å². The molecule has 7 heteroatoms. The quantitative estimate of drug-likeness (QED) is 0.527. The summed E-state index contributed by atoms with van der Waals surface area (Å²) in [7, 11) is 0. The number of aryl methyl sites for hydroxylation is 2. The second-order valence-electron chi connectivity index (χ2n) is 10.8. The predicted molar refractivity (Wildman–Crippen MR) is 144 cm³/mol. The lowest BCUT2D eigenvalue weighted by Gasteiger charge is -2.45. The van der Waals surface area contributed by atoms with Crippen molar-refractivity contribution < 1.29 is 9.53 Å². The van der Waals surface area contributed by atoms with Gasteiger partial charge in [0.25, 0.3) is 0 Å². The van der Waals surface area contributed by atoms with Crippen LogP contribution in [0, 0.1) is 12.3 Å². The van der Waals surface area contributed by atoms with Crippen molar-refractivity contribution in [3.63, 3.8) is 0 Å². The van der Waals surface area contributed by atoms with Crippen LogP contribution in [0.1, 0.15) is 48.8 Å². The van der Waals surface area contributed by atoms with Crippen LogP contribution in [0.25, 0.3) is 0 Å². The highest BCUT2D eigenvalue weighted by molar-refractivity contribution is 5.76. The fraction of sp³-hybridized carbons (Fsp3) is 0.500. The number of fused-ring (bicyclic) bond motifs is 1. The monoisotopic (exact) mass is 501 g/mol. The molecule has 0 radical (unpaired) electrons. The van der Waals surface area contributed by atoms with Crippen LogP contribution in [-0.2, 0) is 24.3 Å². The number of likely N-dealkylation sites (tertiary alicyclic amines) is 1. The molecule has 2 aliphatic rings. The highest BCUT2D eigenvalue weighted by Crippen LogP contribution is 2.38. The standard InChI is InChI=1S/C30H39N5O2/c1-25-20-32-35(21-25)23-29(36)34-16-12-30(13-17-34)11-5-4-7-27-6-2-3-8-28(27)37-19-18-33(24-30)22-26-9-14-31-15-10-26/h2-3,6,8-10,14-15,20-21H,4-5,7,11-13,16-19,22-24H2,1H3. The fourth-order valence-electron chi connectivity index (χ4n) is 5.90. The lowest BCUT2D eigenvalue weighted by atomic mass is 9.73. The lowest BCUT2D eigenvalue weighted by molar-refractivity contribution is -0.134. The van der Waals surface area contributed by atoms with Crippen LogP contribution in [0.4, 0.5) is 0 Å². The van der Waals surface area contributed by atoms with E-state index >= 15 is 0 Å². The van der Waals surface area contributed by atoms with Crippen LogP contribution in [-0.4, -0.2) is 63.3 Å². The molecule has 1 amide bonds. The normalized spacial score (nSPS) is 18.9. The van der Waals surface area contributed by atoms with Gasteiger partial charge in [0.1, 0.15) is 18.9 Å². The molecule has 3 aromatic rings. The minimum absolute atomic E-state index is 0.171. The van der Waals surface area contributed by atoms with Gasteiger partial charge >= 0.3 is 0 Å². The highest BCUT2D eigenvalue weighted by Gasteiger charge is 2.37. The van der Waals surface area contributed by atoms with E-state index in [-0.39, 0.29) is 11.3 Å². The minimum Gasteiger partial charge on any atom is -0.492 e. The van der Waals surface area contributed by atoms with Crippen molar-refractivity contribution in [3.8, 4) is 5.75 Å². The van der Waals surface area contributed by atoms with Crippen molar-refractivity contribution in [1.29, 1.82) is 0 Å². The number of amides is 1. The molecule has 0 bridgehead atoms. The molecule has 0 atom stereocenters. The van der Waals surface area contributed by atoms with Crippen molar-refractivity contribution in [2.24, 2.45) is 5.41 Å². The molecule has 0 aliphatic carbocycles. The Kier molecular flexibility index (Phi) is 8.19. The number of nitrogens with zero attached hydrogens (tertiary/aromatic N) is 5. The Labute approximate surface area is 220 Å². The first-order chi connectivity index (χ1) is 18.1. The molecule has 0 saturated carbocycles. The summed E-state index contributed by atoms with van der Waals surface area (Å²) in [5, 5.41) is 4.30. The van der Waals surface area contributed by atoms with Crippen molar-refractivity contribution in [2.45, 2.75) is 58.5 Å². The molecule has 0 N–H and O–H groups in total. The molecule has 1 fully saturated rings. The van der Waals surface area contributed by atoms with Crippen molar-refractivity contribution in [2.75, 3.05) is 32.8 Å². The summed E-state index contributed by atoms with van der Waals surface area (Å²) in [4.78, 5) is 21.8. The molecule has 2 aromatic heterocycles. The topological polar surface area (TPSA) is 63.5 Å². The molecule has 5 rings (SSSR count). The van der Waals surface area contributed by atoms with Gasteiger partial charge in [0.15, 0.2) is 0 Å². The average Bonchev–Trinajstić information content (AvgIpc) is 3.32. The summed E-state index contributed by atoms with van der Waals surface area (Å²) in [6.45, 7) is 7.43. The van der Waals surface area contributed by atoms with Crippen LogP contribution in [0.3, 0.4) is 0 Å². The first-order valence-corrected chi connectivity index (χ1v) is 13.7. The van der Waals surface area contributed by atoms with Crippen LogP contribution in [0.5, 0.6) is 5.75 Å². The number of ether oxygens (including phenoxy) is 1. The summed E-state index contributed by atoms with van der Waals surface area (Å²) in [5.41, 5.74) is 3.89. The third-order valence-electron chi connectivity index (χ3n) is 7.99. The van der Waals surface area contributed by atoms with Gasteiger partial charge in [-0.3, -0.25) is 19.4 Å². The Bertz CT molecular complexity index is 1150. The Morgan fingerprint density at radius 2 is 1.84 bits per heavy atom. The fourth-order valence-corrected chi connectivity index (χ4v) is 5.90. The summed E-state index contributed by atoms with van der Waals surface area (Å²) in [5.74, 6) is 1.20. The van der Waals surface area contributed by atoms with Crippen LogP contribution >= 0.6 is 0 Å². The van der Waals surface area contributed by atoms with E-state index in [1.165, 1.54) is 24.0 Å². The number of piperidine rings is 1. The van der Waals surface area contributed by atoms with Gasteiger partial charge in [-0.05, 0) is 79.3 Å². The molecular weight excluding hydrogens is 462 g/mol. The SMILES string of the molecule is Cc1cnn(CC(=O)N2CCC3(CCCCc4ccccc4OCCN(Cc4ccncc4)C3)CC2)c1. The molecular formula is C30H39N5O2. The first kappa shape index (κ1) is 25.5. The number of carbonyl (C=O) groups excluding carboxylic acids is 1. The molecule has 1 saturated heterocycles. The van der Waals surface area contributed by atoms with Crippen molar-refractivity contribution >= 4 is 5.91 Å². The predicted octanol–water partition coefficient (Wildman–Crippen LogP) is 4.50. The molecule has 7 nitrogen and oxygen atoms in total. The second-order valence-corrected chi connectivity index (χ2v) is 10.8. The maximum Gasteiger partial charge on any atom is 0.244 e. The Morgan fingerprint density at radius 1 is 1.03 bits per heavy atom. The molecule has 0 unspecified atom stereocenters. The third-order valence-corrected chi connectivity index (χ3v) is 7.99. The second kappa shape index (κ2) is 11.9. The molecule has 4 heterocycles. The van der Waals surface area contributed by atoms with Gasteiger partial charge in [0, 0.05) is 51.3 Å². The Balaban J connectivity index is 1.29. The highest BCUT2D eigenvalue weighted by atomic mass is 16.5. The zero-order valence-electron chi connectivity index (χ0n) is 22.0. The number of hydrogen-bond acceptors (Lipinski definition) is 5. The van der Waals surface area contributed by atoms with E-state index in [1.807, 2.05) is 36.6 Å². The van der Waals surface area contributed by atoms with Gasteiger partial charge in [0.2, 0.25) is 5.91 Å². The van der Waals surface area contributed by atoms with Gasteiger partial charge in [0.05, 0.1) is 6.20 Å². The van der Waals surface area contributed by atoms with E-state index in [9.17, 15) is 4.79 Å². The van der Waals surface area contributed by atoms with Crippen molar-refractivity contribution in [1.82, 2.24) is 24.6 Å². The lowest BCUT2D eigenvalue weighted by Crippen LogP contribution is -2.49. The van der Waals surface area contributed by atoms with E-state index < -0.39 is 0 Å². The van der Waals surface area contributed by atoms with Gasteiger partial charge in [-0.25, -0.2) is 0 Å². The van der Waals surface area contributed by atoms with Crippen LogP contribution in [0.2, 0.25) is 0 Å². The molecule has 37 heavy (non-hydrogen) atoms. The molecule has 1 spiro atoms. The van der Waals surface area contributed by atoms with Crippen LogP contribution in [0.15, 0.2) is 61.2 Å². The zero-order chi connectivity index (χ0) is 25.5. The van der Waals surface area contributed by atoms with Crippen molar-refractivity contribution in [3.05, 3.63) is 77.9 Å². The maximum absolute atomic E-state index is 13.0. The van der Waals surface area contributed by atoms with Gasteiger partial charge in [-0.15, -0.1) is 0 Å². The van der Waals surface area contributed by atoms with Crippen LogP contribution < -0.4 is 4.74 Å². The number of pyridine rings is 1. The number of rotatable bonds is 4. The average molecular weight is 502 g/mol. The molecule has 1 aromatic carbocycles. The number of hydrogen-bond donors (Lipinski definition) is 0. The van der Waals surface area contributed by atoms with E-state index in [0.29, 0.717) is 13.2 Å². The largest absolute Gasteiger partial charge is 0.492 e. The summed E-state index contributed by atoms with van der Waals surface area (Å²) in [6.07, 6.45) is 14.2. The van der Waals surface area contributed by atoms with Gasteiger partial charge in [-0.2, -0.15) is 5.10 Å². The number of benzene rings is 1. The Morgan fingerprint density at radius 3 is 2.62 bits per heavy atom. The number of para-hydroxylation sites is 1. The zero-order valence-corrected chi connectivity index (χ0v) is 22.0. The smallest absolute Gasteiger partial charge is 0.244 e. The van der Waals surface area contributed by atoms with Gasteiger partial charge in [-0.1, -0.05) is 24.6 Å². The summed E-state index contributed by atoms with van der Waals surface area (Å²) >= 11 is 0. The first-order valence-electron chi connectivity index (χ1n) is 13.7. The summed E-state index contributed by atoms with van der Waals surface area (Å²) < 4.78 is 8.05. The molecule has 2 aliphatic heterocycles.